The molecule has 5 heteroatoms. The monoisotopic (exact) mass is 304 g/mol. The number of aromatic nitrogens is 2. The van der Waals surface area contributed by atoms with Crippen LogP contribution in [-0.2, 0) is 12.8 Å². The first-order valence-electron chi connectivity index (χ1n) is 6.91. The van der Waals surface area contributed by atoms with Crippen molar-refractivity contribution in [2.75, 3.05) is 6.61 Å². The first kappa shape index (κ1) is 15.6. The first-order chi connectivity index (χ1) is 10.0. The van der Waals surface area contributed by atoms with E-state index in [1.807, 2.05) is 43.8 Å². The van der Waals surface area contributed by atoms with Gasteiger partial charge in [-0.05, 0) is 45.0 Å². The SMILES string of the molecule is CCOc1ccc(C(C)=O)cc1CSc1cc(C)nn1C. The van der Waals surface area contributed by atoms with Crippen molar-refractivity contribution in [3.63, 3.8) is 0 Å². The highest BCUT2D eigenvalue weighted by Gasteiger charge is 2.10. The molecule has 0 aliphatic carbocycles. The minimum absolute atomic E-state index is 0.0701. The Bertz CT molecular complexity index is 650. The van der Waals surface area contributed by atoms with Crippen LogP contribution in [0.1, 0.15) is 35.5 Å². The zero-order valence-corrected chi connectivity index (χ0v) is 13.7. The minimum Gasteiger partial charge on any atom is -0.494 e. The molecule has 0 bridgehead atoms. The Labute approximate surface area is 129 Å². The largest absolute Gasteiger partial charge is 0.494 e. The van der Waals surface area contributed by atoms with Gasteiger partial charge in [0.2, 0.25) is 0 Å². The van der Waals surface area contributed by atoms with E-state index in [9.17, 15) is 4.79 Å². The molecule has 0 aliphatic heterocycles. The van der Waals surface area contributed by atoms with Gasteiger partial charge >= 0.3 is 0 Å². The van der Waals surface area contributed by atoms with Gasteiger partial charge in [0.15, 0.2) is 5.78 Å². The molecule has 0 atom stereocenters. The van der Waals surface area contributed by atoms with Crippen molar-refractivity contribution < 1.29 is 9.53 Å². The maximum absolute atomic E-state index is 11.5. The highest BCUT2D eigenvalue weighted by atomic mass is 32.2. The maximum atomic E-state index is 11.5. The summed E-state index contributed by atoms with van der Waals surface area (Å²) in [6.45, 7) is 6.13. The lowest BCUT2D eigenvalue weighted by Gasteiger charge is -2.11. The maximum Gasteiger partial charge on any atom is 0.159 e. The lowest BCUT2D eigenvalue weighted by molar-refractivity contribution is 0.101. The summed E-state index contributed by atoms with van der Waals surface area (Å²) in [6, 6.07) is 7.67. The molecule has 2 aromatic rings. The van der Waals surface area contributed by atoms with Crippen LogP contribution in [0.5, 0.6) is 5.75 Å². The molecule has 2 rings (SSSR count). The Morgan fingerprint density at radius 1 is 1.38 bits per heavy atom. The van der Waals surface area contributed by atoms with Gasteiger partial charge in [0.25, 0.3) is 0 Å². The average molecular weight is 304 g/mol. The van der Waals surface area contributed by atoms with Gasteiger partial charge in [0.1, 0.15) is 5.75 Å². The zero-order chi connectivity index (χ0) is 15.4. The molecule has 0 amide bonds. The molecule has 112 valence electrons. The van der Waals surface area contributed by atoms with Crippen molar-refractivity contribution in [2.24, 2.45) is 7.05 Å². The van der Waals surface area contributed by atoms with Crippen molar-refractivity contribution in [1.82, 2.24) is 9.78 Å². The van der Waals surface area contributed by atoms with Crippen LogP contribution in [0.15, 0.2) is 29.3 Å². The highest BCUT2D eigenvalue weighted by Crippen LogP contribution is 2.29. The first-order valence-corrected chi connectivity index (χ1v) is 7.90. The molecule has 1 aromatic carbocycles. The van der Waals surface area contributed by atoms with Crippen molar-refractivity contribution in [3.05, 3.63) is 41.1 Å². The number of thioether (sulfide) groups is 1. The zero-order valence-electron chi connectivity index (χ0n) is 12.8. The quantitative estimate of drug-likeness (QED) is 0.604. The van der Waals surface area contributed by atoms with Gasteiger partial charge in [-0.3, -0.25) is 9.48 Å². The Morgan fingerprint density at radius 3 is 2.71 bits per heavy atom. The second-order valence-electron chi connectivity index (χ2n) is 4.85. The number of carbonyl (C=O) groups excluding carboxylic acids is 1. The third-order valence-electron chi connectivity index (χ3n) is 3.10. The smallest absolute Gasteiger partial charge is 0.159 e. The van der Waals surface area contributed by atoms with Crippen LogP contribution in [0, 0.1) is 6.92 Å². The third-order valence-corrected chi connectivity index (χ3v) is 4.23. The fraction of sp³-hybridized carbons (Fsp3) is 0.375. The van der Waals surface area contributed by atoms with Crippen molar-refractivity contribution in [1.29, 1.82) is 0 Å². The fourth-order valence-electron chi connectivity index (χ4n) is 2.08. The standard InChI is InChI=1S/C16H20N2O2S/c1-5-20-15-7-6-13(12(3)19)9-14(15)10-21-16-8-11(2)17-18(16)4/h6-9H,5,10H2,1-4H3. The molecular weight excluding hydrogens is 284 g/mol. The Morgan fingerprint density at radius 2 is 2.14 bits per heavy atom. The number of Topliss-reactive ketones (excluding diaryl/α,β-unsaturated/α-hetero) is 1. The molecule has 0 spiro atoms. The second kappa shape index (κ2) is 6.80. The highest BCUT2D eigenvalue weighted by molar-refractivity contribution is 7.98. The number of carbonyl (C=O) groups is 1. The summed E-state index contributed by atoms with van der Waals surface area (Å²) in [6.07, 6.45) is 0. The predicted octanol–water partition coefficient (Wildman–Crippen LogP) is 3.62. The van der Waals surface area contributed by atoms with E-state index in [1.54, 1.807) is 18.7 Å². The number of nitrogens with zero attached hydrogens (tertiary/aromatic N) is 2. The molecule has 0 fully saturated rings. The van der Waals surface area contributed by atoms with Crippen molar-refractivity contribution >= 4 is 17.5 Å². The number of hydrogen-bond acceptors (Lipinski definition) is 4. The molecular formula is C16H20N2O2S. The average Bonchev–Trinajstić information content (AvgIpc) is 2.76. The molecule has 0 aliphatic rings. The van der Waals surface area contributed by atoms with E-state index in [2.05, 4.69) is 11.2 Å². The van der Waals surface area contributed by atoms with Gasteiger partial charge in [-0.1, -0.05) is 0 Å². The van der Waals surface area contributed by atoms with Crippen LogP contribution < -0.4 is 4.74 Å². The van der Waals surface area contributed by atoms with Gasteiger partial charge in [0.05, 0.1) is 17.3 Å². The molecule has 0 N–H and O–H groups in total. The van der Waals surface area contributed by atoms with Crippen LogP contribution >= 0.6 is 11.8 Å². The third kappa shape index (κ3) is 3.88. The molecule has 0 saturated heterocycles. The number of hydrogen-bond donors (Lipinski definition) is 0. The van der Waals surface area contributed by atoms with Crippen LogP contribution in [0.25, 0.3) is 0 Å². The molecule has 0 saturated carbocycles. The summed E-state index contributed by atoms with van der Waals surface area (Å²) < 4.78 is 7.52. The van der Waals surface area contributed by atoms with Gasteiger partial charge in [-0.2, -0.15) is 5.10 Å². The fourth-order valence-corrected chi connectivity index (χ4v) is 3.09. The molecule has 0 unspecified atom stereocenters. The second-order valence-corrected chi connectivity index (χ2v) is 5.84. The van der Waals surface area contributed by atoms with E-state index in [4.69, 9.17) is 4.74 Å². The van der Waals surface area contributed by atoms with Crippen LogP contribution in [0.3, 0.4) is 0 Å². The Hall–Kier alpha value is -1.75. The van der Waals surface area contributed by atoms with E-state index in [-0.39, 0.29) is 5.78 Å². The number of rotatable bonds is 6. The predicted molar refractivity (Wildman–Crippen MR) is 85.1 cm³/mol. The topological polar surface area (TPSA) is 44.1 Å². The van der Waals surface area contributed by atoms with Crippen molar-refractivity contribution in [3.8, 4) is 5.75 Å². The number of aryl methyl sites for hydroxylation is 2. The Balaban J connectivity index is 2.22. The lowest BCUT2D eigenvalue weighted by Crippen LogP contribution is -2.00. The van der Waals surface area contributed by atoms with E-state index in [1.165, 1.54) is 0 Å². The van der Waals surface area contributed by atoms with E-state index >= 15 is 0 Å². The summed E-state index contributed by atoms with van der Waals surface area (Å²) in [5, 5.41) is 5.44. The molecule has 1 aromatic heterocycles. The van der Waals surface area contributed by atoms with E-state index in [0.717, 1.165) is 33.3 Å². The van der Waals surface area contributed by atoms with Gasteiger partial charge in [0, 0.05) is 23.9 Å². The van der Waals surface area contributed by atoms with Gasteiger partial charge in [-0.15, -0.1) is 11.8 Å². The minimum atomic E-state index is 0.0701. The molecule has 0 radical (unpaired) electrons. The summed E-state index contributed by atoms with van der Waals surface area (Å²) in [4.78, 5) is 11.5. The Kier molecular flexibility index (Phi) is 5.07. The molecule has 1 heterocycles. The van der Waals surface area contributed by atoms with E-state index < -0.39 is 0 Å². The van der Waals surface area contributed by atoms with Crippen LogP contribution in [-0.4, -0.2) is 22.2 Å². The summed E-state index contributed by atoms with van der Waals surface area (Å²) >= 11 is 1.69. The molecule has 21 heavy (non-hydrogen) atoms. The van der Waals surface area contributed by atoms with Crippen LogP contribution in [0.4, 0.5) is 0 Å². The lowest BCUT2D eigenvalue weighted by atomic mass is 10.1. The summed E-state index contributed by atoms with van der Waals surface area (Å²) in [5.41, 5.74) is 2.76. The van der Waals surface area contributed by atoms with Gasteiger partial charge in [-0.25, -0.2) is 0 Å². The number of ether oxygens (including phenoxy) is 1. The summed E-state index contributed by atoms with van der Waals surface area (Å²) in [7, 11) is 1.94. The normalized spacial score (nSPS) is 10.7. The van der Waals surface area contributed by atoms with E-state index in [0.29, 0.717) is 6.61 Å². The number of ketones is 1. The van der Waals surface area contributed by atoms with Crippen LogP contribution in [0.2, 0.25) is 0 Å². The summed E-state index contributed by atoms with van der Waals surface area (Å²) in [5.74, 6) is 1.66. The number of benzene rings is 1. The van der Waals surface area contributed by atoms with Gasteiger partial charge < -0.3 is 4.74 Å². The molecule has 4 nitrogen and oxygen atoms in total. The van der Waals surface area contributed by atoms with Crippen molar-refractivity contribution in [2.45, 2.75) is 31.6 Å².